The molecule has 0 saturated carbocycles. The molecular formula is C69H57N7. The Hall–Kier alpha value is -9.07. The van der Waals surface area contributed by atoms with Crippen LogP contribution in [-0.2, 0) is 12.8 Å². The molecule has 13 aromatic rings. The molecule has 76 heavy (non-hydrogen) atoms. The molecule has 0 aliphatic heterocycles. The van der Waals surface area contributed by atoms with Crippen molar-refractivity contribution in [2.45, 2.75) is 53.4 Å². The van der Waals surface area contributed by atoms with E-state index in [4.69, 9.17) is 24.9 Å². The first-order chi connectivity index (χ1) is 37.3. The minimum atomic E-state index is 0.589. The number of rotatable bonds is 13. The minimum Gasteiger partial charge on any atom is -0.307 e. The molecule has 5 aromatic heterocycles. The highest BCUT2D eigenvalue weighted by Crippen LogP contribution is 2.44. The predicted octanol–water partition coefficient (Wildman–Crippen LogP) is 17.5. The number of aryl methyl sites for hydroxylation is 2. The molecule has 0 amide bonds. The molecule has 7 heteroatoms. The van der Waals surface area contributed by atoms with Crippen molar-refractivity contribution >= 4 is 54.5 Å². The van der Waals surface area contributed by atoms with Gasteiger partial charge in [-0.05, 0) is 127 Å². The van der Waals surface area contributed by atoms with Gasteiger partial charge in [0.05, 0.1) is 33.3 Å². The lowest BCUT2D eigenvalue weighted by atomic mass is 10.00. The van der Waals surface area contributed by atoms with Gasteiger partial charge in [0.25, 0.3) is 0 Å². The van der Waals surface area contributed by atoms with Gasteiger partial charge in [0, 0.05) is 61.1 Å². The van der Waals surface area contributed by atoms with Crippen LogP contribution in [0.25, 0.3) is 123 Å². The lowest BCUT2D eigenvalue weighted by Gasteiger charge is -2.16. The fourth-order valence-corrected chi connectivity index (χ4v) is 10.9. The second-order valence-electron chi connectivity index (χ2n) is 21.1. The number of benzene rings is 8. The number of para-hydroxylation sites is 1. The summed E-state index contributed by atoms with van der Waals surface area (Å²) in [6.45, 7) is 9.23. The van der Waals surface area contributed by atoms with Gasteiger partial charge in [-0.2, -0.15) is 0 Å². The predicted molar refractivity (Wildman–Crippen MR) is 315 cm³/mol. The van der Waals surface area contributed by atoms with Gasteiger partial charge < -0.3 is 4.57 Å². The summed E-state index contributed by atoms with van der Waals surface area (Å²) in [5.41, 5.74) is 15.8. The molecule has 13 rings (SSSR count). The van der Waals surface area contributed by atoms with Crippen LogP contribution in [0.5, 0.6) is 0 Å². The Balaban J connectivity index is 1.13. The number of fused-ring (bicyclic) bond motifs is 8. The molecule has 0 unspecified atom stereocenters. The fourth-order valence-electron chi connectivity index (χ4n) is 10.9. The summed E-state index contributed by atoms with van der Waals surface area (Å²) >= 11 is 0. The molecule has 0 bridgehead atoms. The molecule has 0 aliphatic carbocycles. The fraction of sp³-hybridized carbons (Fsp3) is 0.145. The van der Waals surface area contributed by atoms with Gasteiger partial charge in [0.1, 0.15) is 5.82 Å². The zero-order chi connectivity index (χ0) is 51.3. The molecule has 0 atom stereocenters. The van der Waals surface area contributed by atoms with E-state index in [1.165, 1.54) is 32.7 Å². The van der Waals surface area contributed by atoms with Crippen LogP contribution in [0.4, 0.5) is 0 Å². The van der Waals surface area contributed by atoms with Crippen LogP contribution in [0, 0.1) is 11.8 Å². The van der Waals surface area contributed by atoms with Crippen LogP contribution in [0.1, 0.15) is 51.7 Å². The van der Waals surface area contributed by atoms with Crippen molar-refractivity contribution in [3.05, 3.63) is 224 Å². The SMILES string of the molecule is CC(C)CCc1ccc2c(c1)c1ccc3c4cc(CCC(C)C)ccc4n(-c4cccc(-c5cnc6ccccc6c5)n4)c3c1n2-c1cc(-c2ccccc2)cc(-c2nc(-c3ccccc3)nc(-c3ccccc3)n2)c1. The topological polar surface area (TPSA) is 74.3 Å². The largest absolute Gasteiger partial charge is 0.307 e. The molecule has 368 valence electrons. The van der Waals surface area contributed by atoms with Crippen molar-refractivity contribution in [3.63, 3.8) is 0 Å². The molecule has 0 saturated heterocycles. The van der Waals surface area contributed by atoms with E-state index >= 15 is 0 Å². The zero-order valence-corrected chi connectivity index (χ0v) is 43.3. The lowest BCUT2D eigenvalue weighted by Crippen LogP contribution is -2.03. The number of pyridine rings is 2. The summed E-state index contributed by atoms with van der Waals surface area (Å²) in [5, 5.41) is 5.85. The third kappa shape index (κ3) is 8.77. The Morgan fingerprint density at radius 1 is 0.382 bits per heavy atom. The monoisotopic (exact) mass is 983 g/mol. The van der Waals surface area contributed by atoms with E-state index in [0.717, 1.165) is 109 Å². The van der Waals surface area contributed by atoms with E-state index in [-0.39, 0.29) is 0 Å². The highest BCUT2D eigenvalue weighted by molar-refractivity contribution is 6.24. The van der Waals surface area contributed by atoms with E-state index in [1.807, 2.05) is 48.7 Å². The smallest absolute Gasteiger partial charge is 0.164 e. The zero-order valence-electron chi connectivity index (χ0n) is 43.3. The average molecular weight is 984 g/mol. The number of nitrogens with zero attached hydrogens (tertiary/aromatic N) is 7. The van der Waals surface area contributed by atoms with Crippen LogP contribution in [-0.4, -0.2) is 34.1 Å². The molecular weight excluding hydrogens is 927 g/mol. The molecule has 0 aliphatic rings. The Labute approximate surface area is 443 Å². The van der Waals surface area contributed by atoms with Crippen molar-refractivity contribution in [2.24, 2.45) is 11.8 Å². The maximum atomic E-state index is 5.56. The Bertz CT molecular complexity index is 4230. The Morgan fingerprint density at radius 2 is 0.908 bits per heavy atom. The van der Waals surface area contributed by atoms with Gasteiger partial charge in [0.15, 0.2) is 17.5 Å². The van der Waals surface area contributed by atoms with Crippen LogP contribution in [0.2, 0.25) is 0 Å². The summed E-state index contributed by atoms with van der Waals surface area (Å²) in [7, 11) is 0. The first-order valence-electron chi connectivity index (χ1n) is 26.7. The maximum absolute atomic E-state index is 5.56. The standard InChI is InChI=1S/C69H57N7/c1-44(2)27-29-46-31-35-62-58(37-46)56-33-34-57-59-38-47(30-28-45(3)4)32-36-63(59)76(64-26-16-25-61(71-64)54-39-51-23-14-15-24-60(51)70-43-54)66(57)65(56)75(62)55-41-52(48-17-8-5-9-18-48)40-53(42-55)69-73-67(49-19-10-6-11-20-49)72-68(74-69)50-21-12-7-13-22-50/h5-26,31-45H,27-30H2,1-4H3. The summed E-state index contributed by atoms with van der Waals surface area (Å²) in [5.74, 6) is 3.86. The molecule has 8 aromatic carbocycles. The highest BCUT2D eigenvalue weighted by Gasteiger charge is 2.24. The van der Waals surface area contributed by atoms with Gasteiger partial charge in [-0.25, -0.2) is 19.9 Å². The van der Waals surface area contributed by atoms with E-state index in [1.54, 1.807) is 0 Å². The quantitative estimate of drug-likeness (QED) is 0.115. The third-order valence-corrected chi connectivity index (χ3v) is 14.9. The van der Waals surface area contributed by atoms with Crippen LogP contribution in [0.3, 0.4) is 0 Å². The van der Waals surface area contributed by atoms with Gasteiger partial charge in [-0.15, -0.1) is 0 Å². The van der Waals surface area contributed by atoms with E-state index < -0.39 is 0 Å². The van der Waals surface area contributed by atoms with Crippen molar-refractivity contribution < 1.29 is 0 Å². The molecule has 7 nitrogen and oxygen atoms in total. The van der Waals surface area contributed by atoms with Gasteiger partial charge in [0.2, 0.25) is 0 Å². The molecule has 5 heterocycles. The Morgan fingerprint density at radius 3 is 1.51 bits per heavy atom. The Kier molecular flexibility index (Phi) is 12.1. The number of hydrogen-bond acceptors (Lipinski definition) is 5. The molecule has 0 fully saturated rings. The lowest BCUT2D eigenvalue weighted by molar-refractivity contribution is 0.587. The van der Waals surface area contributed by atoms with Crippen molar-refractivity contribution in [1.29, 1.82) is 0 Å². The third-order valence-electron chi connectivity index (χ3n) is 14.9. The normalized spacial score (nSPS) is 11.9. The summed E-state index contributed by atoms with van der Waals surface area (Å²) < 4.78 is 4.91. The van der Waals surface area contributed by atoms with E-state index in [0.29, 0.717) is 29.3 Å². The summed E-state index contributed by atoms with van der Waals surface area (Å²) in [6, 6.07) is 73.7. The van der Waals surface area contributed by atoms with Crippen LogP contribution >= 0.6 is 0 Å². The van der Waals surface area contributed by atoms with Crippen LogP contribution < -0.4 is 0 Å². The number of hydrogen-bond donors (Lipinski definition) is 0. The average Bonchev–Trinajstić information content (AvgIpc) is 4.04. The molecule has 0 N–H and O–H groups in total. The van der Waals surface area contributed by atoms with Gasteiger partial charge >= 0.3 is 0 Å². The first-order valence-corrected chi connectivity index (χ1v) is 26.7. The van der Waals surface area contributed by atoms with Crippen molar-refractivity contribution in [3.8, 4) is 68.1 Å². The van der Waals surface area contributed by atoms with E-state index in [9.17, 15) is 0 Å². The van der Waals surface area contributed by atoms with Crippen molar-refractivity contribution in [1.82, 2.24) is 34.1 Å². The summed E-state index contributed by atoms with van der Waals surface area (Å²) in [6.07, 6.45) is 6.19. The van der Waals surface area contributed by atoms with Crippen molar-refractivity contribution in [2.75, 3.05) is 0 Å². The summed E-state index contributed by atoms with van der Waals surface area (Å²) in [4.78, 5) is 26.1. The minimum absolute atomic E-state index is 0.589. The maximum Gasteiger partial charge on any atom is 0.164 e. The van der Waals surface area contributed by atoms with E-state index in [2.05, 4.69) is 201 Å². The second kappa shape index (κ2) is 19.7. The van der Waals surface area contributed by atoms with Gasteiger partial charge in [-0.3, -0.25) is 9.55 Å². The van der Waals surface area contributed by atoms with Crippen LogP contribution in [0.15, 0.2) is 212 Å². The molecule has 0 radical (unpaired) electrons. The second-order valence-corrected chi connectivity index (χ2v) is 21.1. The first kappa shape index (κ1) is 46.7. The molecule has 0 spiro atoms. The van der Waals surface area contributed by atoms with Gasteiger partial charge in [-0.1, -0.05) is 167 Å². The highest BCUT2D eigenvalue weighted by atomic mass is 15.1. The number of aromatic nitrogens is 7.